The lowest BCUT2D eigenvalue weighted by atomic mass is 10.0. The molecule has 0 radical (unpaired) electrons. The summed E-state index contributed by atoms with van der Waals surface area (Å²) < 4.78 is 0. The second-order valence-corrected chi connectivity index (χ2v) is 4.28. The van der Waals surface area contributed by atoms with E-state index in [1.165, 1.54) is 6.07 Å². The minimum atomic E-state index is -1.13. The van der Waals surface area contributed by atoms with Crippen LogP contribution >= 0.6 is 0 Å². The van der Waals surface area contributed by atoms with Gasteiger partial charge in [-0.05, 0) is 42.2 Å². The summed E-state index contributed by atoms with van der Waals surface area (Å²) in [5.74, 6) is -1.14. The Morgan fingerprint density at radius 3 is 2.26 bits per heavy atom. The van der Waals surface area contributed by atoms with Crippen molar-refractivity contribution < 1.29 is 20.1 Å². The largest absolute Gasteiger partial charge is 0.508 e. The van der Waals surface area contributed by atoms with Crippen LogP contribution in [0.3, 0.4) is 0 Å². The Labute approximate surface area is 110 Å². The van der Waals surface area contributed by atoms with Gasteiger partial charge in [-0.15, -0.1) is 0 Å². The van der Waals surface area contributed by atoms with E-state index < -0.39 is 5.97 Å². The minimum absolute atomic E-state index is 0.0405. The molecular weight excluding hydrogens is 250 g/mol. The van der Waals surface area contributed by atoms with E-state index >= 15 is 0 Å². The van der Waals surface area contributed by atoms with Gasteiger partial charge in [-0.2, -0.15) is 0 Å². The molecule has 0 aromatic heterocycles. The molecule has 0 amide bonds. The topological polar surface area (TPSA) is 77.8 Å². The third-order valence-corrected chi connectivity index (χ3v) is 2.96. The second kappa shape index (κ2) is 5.44. The van der Waals surface area contributed by atoms with E-state index in [2.05, 4.69) is 0 Å². The molecule has 0 aliphatic rings. The van der Waals surface area contributed by atoms with Gasteiger partial charge in [-0.25, -0.2) is 4.79 Å². The number of aromatic carboxylic acids is 1. The zero-order valence-corrected chi connectivity index (χ0v) is 10.2. The van der Waals surface area contributed by atoms with Crippen LogP contribution in [0.25, 0.3) is 0 Å². The highest BCUT2D eigenvalue weighted by molar-refractivity contribution is 5.92. The molecule has 0 spiro atoms. The number of aryl methyl sites for hydroxylation is 2. The fourth-order valence-corrected chi connectivity index (χ4v) is 1.98. The minimum Gasteiger partial charge on any atom is -0.508 e. The van der Waals surface area contributed by atoms with Crippen LogP contribution in [0.1, 0.15) is 21.5 Å². The van der Waals surface area contributed by atoms with Crippen LogP contribution in [0, 0.1) is 0 Å². The Bertz CT molecular complexity index is 588. The number of hydrogen-bond donors (Lipinski definition) is 3. The normalized spacial score (nSPS) is 10.3. The smallest absolute Gasteiger partial charge is 0.339 e. The van der Waals surface area contributed by atoms with Gasteiger partial charge in [0.05, 0.1) is 0 Å². The molecule has 19 heavy (non-hydrogen) atoms. The zero-order valence-electron chi connectivity index (χ0n) is 10.2. The molecule has 0 heterocycles. The Balaban J connectivity index is 2.18. The number of hydrogen-bond acceptors (Lipinski definition) is 3. The lowest BCUT2D eigenvalue weighted by Gasteiger charge is -2.08. The Morgan fingerprint density at radius 2 is 1.63 bits per heavy atom. The second-order valence-electron chi connectivity index (χ2n) is 4.28. The Morgan fingerprint density at radius 1 is 0.947 bits per heavy atom. The molecule has 0 saturated heterocycles. The quantitative estimate of drug-likeness (QED) is 0.793. The molecule has 3 N–H and O–H groups in total. The van der Waals surface area contributed by atoms with Crippen molar-refractivity contribution in [1.29, 1.82) is 0 Å². The van der Waals surface area contributed by atoms with E-state index in [4.69, 9.17) is 5.11 Å². The van der Waals surface area contributed by atoms with Crippen LogP contribution in [0.5, 0.6) is 11.5 Å². The number of phenols is 2. The highest BCUT2D eigenvalue weighted by Crippen LogP contribution is 2.22. The highest BCUT2D eigenvalue weighted by atomic mass is 16.4. The summed E-state index contributed by atoms with van der Waals surface area (Å²) in [5.41, 5.74) is 1.55. The van der Waals surface area contributed by atoms with Gasteiger partial charge in [0.1, 0.15) is 17.1 Å². The predicted molar refractivity (Wildman–Crippen MR) is 70.6 cm³/mol. The third kappa shape index (κ3) is 3.04. The average Bonchev–Trinajstić information content (AvgIpc) is 2.37. The summed E-state index contributed by atoms with van der Waals surface area (Å²) >= 11 is 0. The van der Waals surface area contributed by atoms with E-state index in [1.807, 2.05) is 0 Å². The lowest BCUT2D eigenvalue weighted by Crippen LogP contribution is -2.04. The number of phenolic OH excluding ortho intramolecular Hbond substituents is 1. The molecule has 0 aliphatic carbocycles. The molecule has 4 nitrogen and oxygen atoms in total. The molecule has 2 aromatic carbocycles. The molecule has 0 bridgehead atoms. The molecule has 0 aliphatic heterocycles. The Hall–Kier alpha value is -2.49. The first-order valence-electron chi connectivity index (χ1n) is 5.90. The van der Waals surface area contributed by atoms with Crippen LogP contribution in [0.15, 0.2) is 42.5 Å². The van der Waals surface area contributed by atoms with Crippen LogP contribution in [0.2, 0.25) is 0 Å². The average molecular weight is 264 g/mol. The molecule has 4 heteroatoms. The van der Waals surface area contributed by atoms with Crippen LogP contribution in [-0.4, -0.2) is 21.3 Å². The third-order valence-electron chi connectivity index (χ3n) is 2.96. The van der Waals surface area contributed by atoms with E-state index in [9.17, 15) is 15.0 Å². The summed E-state index contributed by atoms with van der Waals surface area (Å²) in [7, 11) is 0. The molecular formula is C15H14O4. The van der Waals surface area contributed by atoms with E-state index in [1.54, 1.807) is 36.4 Å². The van der Waals surface area contributed by atoms with Crippen LogP contribution in [0.4, 0.5) is 0 Å². The van der Waals surface area contributed by atoms with Gasteiger partial charge in [0, 0.05) is 0 Å². The molecule has 2 rings (SSSR count). The molecule has 0 fully saturated rings. The number of aromatic hydroxyl groups is 2. The van der Waals surface area contributed by atoms with Gasteiger partial charge >= 0.3 is 5.97 Å². The number of carboxylic acid groups (broad SMARTS) is 1. The summed E-state index contributed by atoms with van der Waals surface area (Å²) in [6.07, 6.45) is 1.16. The van der Waals surface area contributed by atoms with Crippen LogP contribution < -0.4 is 0 Å². The summed E-state index contributed by atoms with van der Waals surface area (Å²) in [5, 5.41) is 27.9. The summed E-state index contributed by atoms with van der Waals surface area (Å²) in [6, 6.07) is 11.5. The zero-order chi connectivity index (χ0) is 13.8. The van der Waals surface area contributed by atoms with Gasteiger partial charge in [0.2, 0.25) is 0 Å². The first kappa shape index (κ1) is 13.0. The fraction of sp³-hybridized carbons (Fsp3) is 0.133. The van der Waals surface area contributed by atoms with E-state index in [0.717, 1.165) is 5.56 Å². The SMILES string of the molecule is O=C(O)c1c(O)cccc1CC[13c]1[13cH][13cH][13c](O)[13cH][13cH]1. The number of rotatable bonds is 4. The number of carboxylic acids is 1. The van der Waals surface area contributed by atoms with E-state index in [0.29, 0.717) is 18.4 Å². The number of benzene rings is 2. The van der Waals surface area contributed by atoms with Gasteiger partial charge < -0.3 is 15.3 Å². The van der Waals surface area contributed by atoms with Crippen LogP contribution in [-0.2, 0) is 12.8 Å². The van der Waals surface area contributed by atoms with Gasteiger partial charge in [-0.1, -0.05) is 24.3 Å². The molecule has 0 unspecified atom stereocenters. The molecule has 2 aromatic rings. The van der Waals surface area contributed by atoms with Crippen molar-refractivity contribution >= 4 is 5.97 Å². The van der Waals surface area contributed by atoms with Crippen molar-refractivity contribution in [3.05, 3.63) is 59.2 Å². The summed E-state index contributed by atoms with van der Waals surface area (Å²) in [4.78, 5) is 11.1. The van der Waals surface area contributed by atoms with Crippen molar-refractivity contribution in [2.24, 2.45) is 0 Å². The maximum atomic E-state index is 11.1. The van der Waals surface area contributed by atoms with Gasteiger partial charge in [-0.3, -0.25) is 0 Å². The monoisotopic (exact) mass is 264 g/mol. The fourth-order valence-electron chi connectivity index (χ4n) is 1.98. The maximum Gasteiger partial charge on any atom is 0.339 e. The number of carbonyl (C=O) groups is 1. The van der Waals surface area contributed by atoms with Crippen molar-refractivity contribution in [2.45, 2.75) is 12.8 Å². The lowest BCUT2D eigenvalue weighted by molar-refractivity contribution is 0.0692. The summed E-state index contributed by atoms with van der Waals surface area (Å²) in [6.45, 7) is 0. The first-order valence-corrected chi connectivity index (χ1v) is 5.90. The van der Waals surface area contributed by atoms with Crippen molar-refractivity contribution in [1.82, 2.24) is 0 Å². The van der Waals surface area contributed by atoms with Gasteiger partial charge in [0.25, 0.3) is 0 Å². The van der Waals surface area contributed by atoms with E-state index in [-0.39, 0.29) is 17.1 Å². The maximum absolute atomic E-state index is 11.1. The highest BCUT2D eigenvalue weighted by Gasteiger charge is 2.14. The van der Waals surface area contributed by atoms with Crippen molar-refractivity contribution in [3.8, 4) is 11.5 Å². The van der Waals surface area contributed by atoms with Crippen molar-refractivity contribution in [3.63, 3.8) is 0 Å². The predicted octanol–water partition coefficient (Wildman–Crippen LogP) is 2.58. The first-order chi connectivity index (χ1) is 9.08. The Kier molecular flexibility index (Phi) is 3.71. The molecule has 0 atom stereocenters. The van der Waals surface area contributed by atoms with Crippen molar-refractivity contribution in [2.75, 3.05) is 0 Å². The standard InChI is InChI=1S/C15H14O4/c16-12-8-5-10(6-9-12)4-7-11-2-1-3-13(17)14(11)15(18)19/h1-3,5-6,8-9,16-17H,4,7H2,(H,18,19)/i5+1,6+1,8+1,9+1,10+1,12+1. The molecule has 0 saturated carbocycles. The molecule has 98 valence electrons. The van der Waals surface area contributed by atoms with Gasteiger partial charge in [0.15, 0.2) is 0 Å².